The zero-order valence-electron chi connectivity index (χ0n) is 13.3. The van der Waals surface area contributed by atoms with E-state index in [0.717, 1.165) is 0 Å². The molecule has 1 aromatic rings. The Kier molecular flexibility index (Phi) is 4.53. The second kappa shape index (κ2) is 6.60. The first-order valence-electron chi connectivity index (χ1n) is 7.77. The van der Waals surface area contributed by atoms with Gasteiger partial charge in [-0.3, -0.25) is 4.79 Å². The van der Waals surface area contributed by atoms with Crippen LogP contribution in [0.3, 0.4) is 0 Å². The largest absolute Gasteiger partial charge is 0.351 e. The van der Waals surface area contributed by atoms with Crippen molar-refractivity contribution in [1.29, 1.82) is 0 Å². The molecule has 0 aromatic heterocycles. The summed E-state index contributed by atoms with van der Waals surface area (Å²) in [7, 11) is -3.38. The smallest absolute Gasteiger partial charge is 0.256 e. The van der Waals surface area contributed by atoms with E-state index in [4.69, 9.17) is 0 Å². The van der Waals surface area contributed by atoms with Crippen LogP contribution in [-0.2, 0) is 14.8 Å². The molecule has 1 amide bonds. The highest BCUT2D eigenvalue weighted by molar-refractivity contribution is 7.90. The van der Waals surface area contributed by atoms with Crippen molar-refractivity contribution in [2.45, 2.75) is 12.8 Å². The van der Waals surface area contributed by atoms with Crippen molar-refractivity contribution in [1.82, 2.24) is 10.2 Å². The fourth-order valence-corrected chi connectivity index (χ4v) is 3.55. The van der Waals surface area contributed by atoms with Gasteiger partial charge in [0.1, 0.15) is 5.84 Å². The van der Waals surface area contributed by atoms with Crippen LogP contribution in [0.5, 0.6) is 0 Å². The molecule has 0 saturated carbocycles. The van der Waals surface area contributed by atoms with Gasteiger partial charge in [0.2, 0.25) is 0 Å². The van der Waals surface area contributed by atoms with E-state index in [2.05, 4.69) is 16.6 Å². The fraction of sp³-hybridized carbons (Fsp3) is 0.294. The van der Waals surface area contributed by atoms with Gasteiger partial charge in [0, 0.05) is 19.3 Å². The molecule has 0 saturated heterocycles. The molecular weight excluding hydrogens is 326 g/mol. The van der Waals surface area contributed by atoms with Gasteiger partial charge in [0.15, 0.2) is 0 Å². The molecule has 2 aliphatic rings. The number of fused-ring (bicyclic) bond motifs is 1. The fourth-order valence-electron chi connectivity index (χ4n) is 2.58. The summed E-state index contributed by atoms with van der Waals surface area (Å²) in [5, 5.41) is 2.92. The van der Waals surface area contributed by atoms with Crippen LogP contribution in [0, 0.1) is 0 Å². The van der Waals surface area contributed by atoms with Crippen molar-refractivity contribution >= 4 is 21.8 Å². The van der Waals surface area contributed by atoms with Crippen LogP contribution in [-0.4, -0.2) is 43.9 Å². The van der Waals surface area contributed by atoms with Crippen LogP contribution < -0.4 is 5.32 Å². The van der Waals surface area contributed by atoms with Gasteiger partial charge in [-0.15, -0.1) is 4.40 Å². The number of sulfonamides is 1. The summed E-state index contributed by atoms with van der Waals surface area (Å²) in [6.07, 6.45) is 4.81. The zero-order valence-corrected chi connectivity index (χ0v) is 14.2. The Morgan fingerprint density at radius 2 is 2.04 bits per heavy atom. The topological polar surface area (TPSA) is 78.8 Å². The Balaban J connectivity index is 1.63. The molecule has 6 nitrogen and oxygen atoms in total. The minimum absolute atomic E-state index is 0.0409. The van der Waals surface area contributed by atoms with Gasteiger partial charge in [-0.25, -0.2) is 8.42 Å². The number of amides is 1. The van der Waals surface area contributed by atoms with E-state index in [1.807, 2.05) is 30.3 Å². The molecule has 7 heteroatoms. The van der Waals surface area contributed by atoms with Crippen LogP contribution in [0.25, 0.3) is 0 Å². The quantitative estimate of drug-likeness (QED) is 0.895. The number of carbonyl (C=O) groups is 1. The third-order valence-corrected chi connectivity index (χ3v) is 5.19. The summed E-state index contributed by atoms with van der Waals surface area (Å²) in [5.74, 6) is 0.346. The van der Waals surface area contributed by atoms with E-state index in [0.29, 0.717) is 24.5 Å². The first-order chi connectivity index (χ1) is 11.4. The minimum atomic E-state index is -3.38. The van der Waals surface area contributed by atoms with Crippen molar-refractivity contribution < 1.29 is 13.2 Å². The lowest BCUT2D eigenvalue weighted by atomic mass is 10.0. The molecule has 0 unspecified atom stereocenters. The van der Waals surface area contributed by atoms with Gasteiger partial charge in [0.05, 0.1) is 11.3 Å². The number of benzene rings is 1. The van der Waals surface area contributed by atoms with Crippen molar-refractivity contribution in [3.63, 3.8) is 0 Å². The third kappa shape index (κ3) is 3.73. The Bertz CT molecular complexity index is 826. The normalized spacial score (nSPS) is 19.8. The van der Waals surface area contributed by atoms with Gasteiger partial charge in [0.25, 0.3) is 15.9 Å². The van der Waals surface area contributed by atoms with Crippen LogP contribution >= 0.6 is 0 Å². The summed E-state index contributed by atoms with van der Waals surface area (Å²) in [6.45, 7) is 2.90. The van der Waals surface area contributed by atoms with Crippen LogP contribution in [0.1, 0.15) is 18.4 Å². The predicted octanol–water partition coefficient (Wildman–Crippen LogP) is 1.40. The third-order valence-electron chi connectivity index (χ3n) is 4.02. The maximum absolute atomic E-state index is 12.3. The maximum Gasteiger partial charge on any atom is 0.256 e. The van der Waals surface area contributed by atoms with E-state index in [-0.39, 0.29) is 17.6 Å². The van der Waals surface area contributed by atoms with Crippen molar-refractivity contribution in [3.05, 3.63) is 59.8 Å². The van der Waals surface area contributed by atoms with E-state index >= 15 is 0 Å². The van der Waals surface area contributed by atoms with Gasteiger partial charge < -0.3 is 10.2 Å². The van der Waals surface area contributed by atoms with Crippen LogP contribution in [0.15, 0.2) is 58.7 Å². The lowest BCUT2D eigenvalue weighted by Gasteiger charge is -2.27. The van der Waals surface area contributed by atoms with Gasteiger partial charge in [-0.05, 0) is 23.6 Å². The molecular formula is C17H19N3O3S. The lowest BCUT2D eigenvalue weighted by Crippen LogP contribution is -2.38. The van der Waals surface area contributed by atoms with Crippen LogP contribution in [0.4, 0.5) is 0 Å². The highest BCUT2D eigenvalue weighted by atomic mass is 32.2. The molecule has 0 spiro atoms. The predicted molar refractivity (Wildman–Crippen MR) is 93.0 cm³/mol. The SMILES string of the molecule is C[C@H](CNC(=O)C1=CN2CCS(=O)(=O)N=C2C=C1)c1ccccc1. The minimum Gasteiger partial charge on any atom is -0.351 e. The molecule has 2 aliphatic heterocycles. The van der Waals surface area contributed by atoms with Crippen molar-refractivity contribution in [2.24, 2.45) is 4.40 Å². The molecule has 1 atom stereocenters. The summed E-state index contributed by atoms with van der Waals surface area (Å²) in [6, 6.07) is 9.99. The van der Waals surface area contributed by atoms with E-state index in [1.54, 1.807) is 23.3 Å². The number of amidine groups is 1. The number of nitrogens with one attached hydrogen (secondary N) is 1. The monoisotopic (exact) mass is 345 g/mol. The molecule has 1 N–H and O–H groups in total. The summed E-state index contributed by atoms with van der Waals surface area (Å²) in [5.41, 5.74) is 1.66. The van der Waals surface area contributed by atoms with Crippen LogP contribution in [0.2, 0.25) is 0 Å². The zero-order chi connectivity index (χ0) is 17.2. The van der Waals surface area contributed by atoms with Crippen molar-refractivity contribution in [2.75, 3.05) is 18.8 Å². The van der Waals surface area contributed by atoms with E-state index in [9.17, 15) is 13.2 Å². The van der Waals surface area contributed by atoms with E-state index < -0.39 is 10.0 Å². The number of rotatable bonds is 4. The molecule has 0 fully saturated rings. The summed E-state index contributed by atoms with van der Waals surface area (Å²) >= 11 is 0. The molecule has 3 rings (SSSR count). The number of hydrogen-bond acceptors (Lipinski definition) is 4. The number of nitrogens with zero attached hydrogens (tertiary/aromatic N) is 2. The summed E-state index contributed by atoms with van der Waals surface area (Å²) in [4.78, 5) is 14.0. The molecule has 126 valence electrons. The van der Waals surface area contributed by atoms with Gasteiger partial charge in [-0.1, -0.05) is 37.3 Å². The average Bonchev–Trinajstić information content (AvgIpc) is 2.59. The molecule has 0 aliphatic carbocycles. The Hall–Kier alpha value is -2.41. The number of hydrogen-bond donors (Lipinski definition) is 1. The first-order valence-corrected chi connectivity index (χ1v) is 9.38. The maximum atomic E-state index is 12.3. The highest BCUT2D eigenvalue weighted by Crippen LogP contribution is 2.17. The highest BCUT2D eigenvalue weighted by Gasteiger charge is 2.25. The second-order valence-electron chi connectivity index (χ2n) is 5.87. The molecule has 2 heterocycles. The van der Waals surface area contributed by atoms with Gasteiger partial charge >= 0.3 is 0 Å². The standard InChI is InChI=1S/C17H19N3O3S/c1-13(14-5-3-2-4-6-14)11-18-17(21)15-7-8-16-19-24(22,23)10-9-20(16)12-15/h2-8,12-13H,9-11H2,1H3,(H,18,21)/t13-/m1/s1. The lowest BCUT2D eigenvalue weighted by molar-refractivity contribution is -0.117. The van der Waals surface area contributed by atoms with E-state index in [1.165, 1.54) is 5.56 Å². The number of carbonyl (C=O) groups excluding carboxylic acids is 1. The molecule has 24 heavy (non-hydrogen) atoms. The summed E-state index contributed by atoms with van der Waals surface area (Å²) < 4.78 is 26.7. The second-order valence-corrected chi connectivity index (χ2v) is 7.62. The first kappa shape index (κ1) is 16.4. The Labute approximate surface area is 141 Å². The molecule has 0 radical (unpaired) electrons. The Morgan fingerprint density at radius 1 is 1.29 bits per heavy atom. The van der Waals surface area contributed by atoms with Crippen molar-refractivity contribution in [3.8, 4) is 0 Å². The molecule has 0 bridgehead atoms. The average molecular weight is 345 g/mol. The Morgan fingerprint density at radius 3 is 2.79 bits per heavy atom. The molecule has 1 aromatic carbocycles. The van der Waals surface area contributed by atoms with Gasteiger partial charge in [-0.2, -0.15) is 0 Å².